The van der Waals surface area contributed by atoms with Gasteiger partial charge in [0.05, 0.1) is 6.10 Å². The summed E-state index contributed by atoms with van der Waals surface area (Å²) in [5, 5.41) is 9.64. The number of rotatable bonds is 5. The first kappa shape index (κ1) is 13.4. The standard InChI is InChI=1S/C12H20O4/c1-4-5-6-8(2)15-12-11(14)7-10(13)9(3)16-12/h4,8-9,11-12,14H,1,5-7H2,2-3H3/t8-,9+,11-,12-/m1/s1. The number of carbonyl (C=O) groups is 1. The van der Waals surface area contributed by atoms with Crippen molar-refractivity contribution < 1.29 is 19.4 Å². The molecule has 0 saturated carbocycles. The van der Waals surface area contributed by atoms with Crippen molar-refractivity contribution in [3.8, 4) is 0 Å². The molecule has 1 aliphatic heterocycles. The molecule has 0 aromatic rings. The number of Topliss-reactive ketones (excluding diaryl/α,β-unsaturated/α-hetero) is 1. The van der Waals surface area contributed by atoms with Crippen LogP contribution >= 0.6 is 0 Å². The van der Waals surface area contributed by atoms with Crippen molar-refractivity contribution >= 4 is 5.78 Å². The van der Waals surface area contributed by atoms with Crippen LogP contribution in [0, 0.1) is 0 Å². The zero-order chi connectivity index (χ0) is 12.1. The largest absolute Gasteiger partial charge is 0.387 e. The van der Waals surface area contributed by atoms with Gasteiger partial charge in [-0.15, -0.1) is 6.58 Å². The molecule has 0 bridgehead atoms. The van der Waals surface area contributed by atoms with E-state index in [1.165, 1.54) is 0 Å². The Morgan fingerprint density at radius 2 is 2.44 bits per heavy atom. The fraction of sp³-hybridized carbons (Fsp3) is 0.750. The highest BCUT2D eigenvalue weighted by molar-refractivity contribution is 5.83. The summed E-state index contributed by atoms with van der Waals surface area (Å²) in [6, 6.07) is 0. The van der Waals surface area contributed by atoms with E-state index in [1.807, 2.05) is 13.0 Å². The zero-order valence-electron chi connectivity index (χ0n) is 9.89. The van der Waals surface area contributed by atoms with E-state index in [1.54, 1.807) is 6.92 Å². The van der Waals surface area contributed by atoms with E-state index in [2.05, 4.69) is 6.58 Å². The molecule has 0 aromatic heterocycles. The minimum atomic E-state index is -0.852. The lowest BCUT2D eigenvalue weighted by molar-refractivity contribution is -0.243. The Bertz CT molecular complexity index is 251. The van der Waals surface area contributed by atoms with Gasteiger partial charge in [-0.25, -0.2) is 0 Å². The summed E-state index contributed by atoms with van der Waals surface area (Å²) >= 11 is 0. The topological polar surface area (TPSA) is 55.8 Å². The van der Waals surface area contributed by atoms with Crippen molar-refractivity contribution in [1.29, 1.82) is 0 Å². The Hall–Kier alpha value is -0.710. The molecule has 1 rings (SSSR count). The van der Waals surface area contributed by atoms with E-state index in [0.29, 0.717) is 0 Å². The second-order valence-corrected chi connectivity index (χ2v) is 4.20. The first-order valence-electron chi connectivity index (χ1n) is 5.67. The zero-order valence-corrected chi connectivity index (χ0v) is 9.89. The lowest BCUT2D eigenvalue weighted by Gasteiger charge is -2.32. The number of hydrogen-bond acceptors (Lipinski definition) is 4. The van der Waals surface area contributed by atoms with Crippen LogP contribution in [0.3, 0.4) is 0 Å². The van der Waals surface area contributed by atoms with Gasteiger partial charge in [0.1, 0.15) is 12.2 Å². The van der Waals surface area contributed by atoms with Gasteiger partial charge in [0.15, 0.2) is 12.1 Å². The number of carbonyl (C=O) groups excluding carboxylic acids is 1. The Balaban J connectivity index is 2.40. The second-order valence-electron chi connectivity index (χ2n) is 4.20. The van der Waals surface area contributed by atoms with E-state index in [4.69, 9.17) is 9.47 Å². The maximum absolute atomic E-state index is 11.3. The molecule has 4 nitrogen and oxygen atoms in total. The molecular formula is C12H20O4. The first-order chi connectivity index (χ1) is 7.54. The molecule has 1 heterocycles. The predicted molar refractivity (Wildman–Crippen MR) is 59.9 cm³/mol. The van der Waals surface area contributed by atoms with Crippen LogP contribution in [-0.2, 0) is 14.3 Å². The number of aliphatic hydroxyl groups is 1. The molecule has 1 aliphatic rings. The summed E-state index contributed by atoms with van der Waals surface area (Å²) in [6.45, 7) is 7.23. The molecule has 0 aliphatic carbocycles. The molecule has 92 valence electrons. The number of ether oxygens (including phenoxy) is 2. The van der Waals surface area contributed by atoms with E-state index >= 15 is 0 Å². The molecule has 0 spiro atoms. The average molecular weight is 228 g/mol. The average Bonchev–Trinajstić information content (AvgIpc) is 2.23. The van der Waals surface area contributed by atoms with Gasteiger partial charge in [0.2, 0.25) is 0 Å². The maximum atomic E-state index is 11.3. The fourth-order valence-corrected chi connectivity index (χ4v) is 1.61. The molecule has 1 fully saturated rings. The van der Waals surface area contributed by atoms with Crippen LogP contribution in [0.25, 0.3) is 0 Å². The second kappa shape index (κ2) is 6.13. The van der Waals surface area contributed by atoms with Crippen molar-refractivity contribution in [2.45, 2.75) is 57.7 Å². The van der Waals surface area contributed by atoms with Crippen LogP contribution in [0.15, 0.2) is 12.7 Å². The van der Waals surface area contributed by atoms with E-state index in [9.17, 15) is 9.90 Å². The van der Waals surface area contributed by atoms with Crippen LogP contribution in [-0.4, -0.2) is 35.5 Å². The van der Waals surface area contributed by atoms with E-state index in [-0.39, 0.29) is 18.3 Å². The van der Waals surface area contributed by atoms with Crippen molar-refractivity contribution in [3.63, 3.8) is 0 Å². The molecule has 16 heavy (non-hydrogen) atoms. The van der Waals surface area contributed by atoms with Crippen LogP contribution < -0.4 is 0 Å². The maximum Gasteiger partial charge on any atom is 0.185 e. The summed E-state index contributed by atoms with van der Waals surface area (Å²) in [7, 11) is 0. The van der Waals surface area contributed by atoms with Crippen LogP contribution in [0.5, 0.6) is 0 Å². The van der Waals surface area contributed by atoms with E-state index in [0.717, 1.165) is 12.8 Å². The third-order valence-electron chi connectivity index (χ3n) is 2.66. The molecule has 4 atom stereocenters. The Labute approximate surface area is 96.2 Å². The molecule has 1 N–H and O–H groups in total. The molecule has 1 saturated heterocycles. The molecular weight excluding hydrogens is 208 g/mol. The Morgan fingerprint density at radius 1 is 1.75 bits per heavy atom. The van der Waals surface area contributed by atoms with Crippen LogP contribution in [0.2, 0.25) is 0 Å². The summed E-state index contributed by atoms with van der Waals surface area (Å²) in [5.41, 5.74) is 0. The van der Waals surface area contributed by atoms with Crippen molar-refractivity contribution in [1.82, 2.24) is 0 Å². The molecule has 0 radical (unpaired) electrons. The van der Waals surface area contributed by atoms with E-state index < -0.39 is 18.5 Å². The predicted octanol–water partition coefficient (Wildman–Crippen LogP) is 1.42. The minimum absolute atomic E-state index is 0.0157. The lowest BCUT2D eigenvalue weighted by Crippen LogP contribution is -2.46. The highest BCUT2D eigenvalue weighted by Gasteiger charge is 2.34. The summed E-state index contributed by atoms with van der Waals surface area (Å²) in [5.74, 6) is -0.0777. The van der Waals surface area contributed by atoms with Crippen molar-refractivity contribution in [3.05, 3.63) is 12.7 Å². The molecule has 0 aromatic carbocycles. The Morgan fingerprint density at radius 3 is 3.06 bits per heavy atom. The van der Waals surface area contributed by atoms with Crippen LogP contribution in [0.1, 0.15) is 33.1 Å². The highest BCUT2D eigenvalue weighted by atomic mass is 16.7. The van der Waals surface area contributed by atoms with Crippen molar-refractivity contribution in [2.75, 3.05) is 0 Å². The summed E-state index contributed by atoms with van der Waals surface area (Å²) < 4.78 is 10.9. The Kier molecular flexibility index (Phi) is 5.12. The van der Waals surface area contributed by atoms with Gasteiger partial charge >= 0.3 is 0 Å². The van der Waals surface area contributed by atoms with Gasteiger partial charge in [-0.05, 0) is 26.7 Å². The lowest BCUT2D eigenvalue weighted by atomic mass is 10.1. The first-order valence-corrected chi connectivity index (χ1v) is 5.67. The SMILES string of the molecule is C=CCC[C@@H](C)O[C@@H]1O[C@@H](C)C(=O)C[C@H]1O. The third-order valence-corrected chi connectivity index (χ3v) is 2.66. The number of aliphatic hydroxyl groups excluding tert-OH is 1. The number of ketones is 1. The molecule has 4 heteroatoms. The fourth-order valence-electron chi connectivity index (χ4n) is 1.61. The number of hydrogen-bond donors (Lipinski definition) is 1. The smallest absolute Gasteiger partial charge is 0.185 e. The van der Waals surface area contributed by atoms with Gasteiger partial charge in [-0.3, -0.25) is 4.79 Å². The van der Waals surface area contributed by atoms with Gasteiger partial charge < -0.3 is 14.6 Å². The monoisotopic (exact) mass is 228 g/mol. The van der Waals surface area contributed by atoms with Crippen LogP contribution in [0.4, 0.5) is 0 Å². The minimum Gasteiger partial charge on any atom is -0.387 e. The highest BCUT2D eigenvalue weighted by Crippen LogP contribution is 2.20. The molecule has 0 unspecified atom stereocenters. The number of allylic oxidation sites excluding steroid dienone is 1. The van der Waals surface area contributed by atoms with Gasteiger partial charge in [-0.1, -0.05) is 6.08 Å². The normalized spacial score (nSPS) is 32.4. The van der Waals surface area contributed by atoms with Gasteiger partial charge in [0.25, 0.3) is 0 Å². The summed E-state index contributed by atoms with van der Waals surface area (Å²) in [6.07, 6.45) is 1.58. The molecule has 0 amide bonds. The van der Waals surface area contributed by atoms with Crippen molar-refractivity contribution in [2.24, 2.45) is 0 Å². The summed E-state index contributed by atoms with van der Waals surface area (Å²) in [4.78, 5) is 11.3. The quantitative estimate of drug-likeness (QED) is 0.723. The van der Waals surface area contributed by atoms with Gasteiger partial charge in [0, 0.05) is 6.42 Å². The third kappa shape index (κ3) is 3.70. The van der Waals surface area contributed by atoms with Gasteiger partial charge in [-0.2, -0.15) is 0 Å².